The molecular weight excluding hydrogens is 273 g/mol. The molecule has 1 aliphatic rings. The highest BCUT2D eigenvalue weighted by molar-refractivity contribution is 5.94. The maximum absolute atomic E-state index is 13.1. The van der Waals surface area contributed by atoms with Crippen molar-refractivity contribution in [2.24, 2.45) is 0 Å². The molecule has 3 rings (SSSR count). The monoisotopic (exact) mass is 289 g/mol. The van der Waals surface area contributed by atoms with Crippen molar-refractivity contribution in [3.05, 3.63) is 51.6 Å². The number of nitrogens with one attached hydrogen (secondary N) is 2. The molecule has 110 valence electrons. The fourth-order valence-corrected chi connectivity index (χ4v) is 2.75. The van der Waals surface area contributed by atoms with Gasteiger partial charge in [0.1, 0.15) is 11.6 Å². The summed E-state index contributed by atoms with van der Waals surface area (Å²) in [6, 6.07) is 5.95. The largest absolute Gasteiger partial charge is 0.311 e. The van der Waals surface area contributed by atoms with Crippen LogP contribution in [0, 0.1) is 5.82 Å². The van der Waals surface area contributed by atoms with Crippen LogP contribution >= 0.6 is 0 Å². The molecule has 2 heterocycles. The number of fused-ring (bicyclic) bond motifs is 1. The van der Waals surface area contributed by atoms with Crippen LogP contribution in [-0.2, 0) is 4.79 Å². The molecule has 2 aromatic rings. The van der Waals surface area contributed by atoms with E-state index in [9.17, 15) is 14.0 Å². The third-order valence-electron chi connectivity index (χ3n) is 3.75. The minimum atomic E-state index is -0.349. The summed E-state index contributed by atoms with van der Waals surface area (Å²) in [4.78, 5) is 24.2. The number of carbonyl (C=O) groups is 1. The third kappa shape index (κ3) is 2.26. The van der Waals surface area contributed by atoms with E-state index in [4.69, 9.17) is 0 Å². The third-order valence-corrected chi connectivity index (χ3v) is 3.75. The molecule has 5 nitrogen and oxygen atoms in total. The van der Waals surface area contributed by atoms with E-state index < -0.39 is 0 Å². The zero-order valence-electron chi connectivity index (χ0n) is 11.8. The smallest absolute Gasteiger partial charge is 0.270 e. The number of aromatic amines is 1. The van der Waals surface area contributed by atoms with E-state index in [1.54, 1.807) is 16.8 Å². The minimum absolute atomic E-state index is 0.0220. The molecule has 0 aliphatic carbocycles. The Hall–Kier alpha value is -2.37. The van der Waals surface area contributed by atoms with Crippen molar-refractivity contribution < 1.29 is 9.18 Å². The number of rotatable bonds is 2. The van der Waals surface area contributed by atoms with Crippen LogP contribution in [0.25, 0.3) is 0 Å². The van der Waals surface area contributed by atoms with Crippen LogP contribution < -0.4 is 10.9 Å². The van der Waals surface area contributed by atoms with Crippen LogP contribution in [0.15, 0.2) is 29.1 Å². The van der Waals surface area contributed by atoms with Crippen molar-refractivity contribution in [3.63, 3.8) is 0 Å². The van der Waals surface area contributed by atoms with Crippen molar-refractivity contribution in [1.82, 2.24) is 9.78 Å². The number of aromatic nitrogens is 2. The molecule has 2 N–H and O–H groups in total. The van der Waals surface area contributed by atoms with Crippen molar-refractivity contribution in [2.75, 3.05) is 5.32 Å². The summed E-state index contributed by atoms with van der Waals surface area (Å²) in [7, 11) is 0. The average molecular weight is 289 g/mol. The Morgan fingerprint density at radius 2 is 1.90 bits per heavy atom. The molecule has 1 aromatic carbocycles. The van der Waals surface area contributed by atoms with Gasteiger partial charge in [0.15, 0.2) is 0 Å². The van der Waals surface area contributed by atoms with Gasteiger partial charge >= 0.3 is 0 Å². The van der Waals surface area contributed by atoms with Gasteiger partial charge in [-0.15, -0.1) is 0 Å². The fraction of sp³-hybridized carbons (Fsp3) is 0.333. The van der Waals surface area contributed by atoms with E-state index >= 15 is 0 Å². The van der Waals surface area contributed by atoms with Gasteiger partial charge in [0.2, 0.25) is 5.91 Å². The Kier molecular flexibility index (Phi) is 3.16. The van der Waals surface area contributed by atoms with Crippen molar-refractivity contribution in [1.29, 1.82) is 0 Å². The summed E-state index contributed by atoms with van der Waals surface area (Å²) in [6.07, 6.45) is 0.184. The number of nitrogens with zero attached hydrogens (tertiary/aromatic N) is 1. The van der Waals surface area contributed by atoms with Crippen LogP contribution in [0.1, 0.15) is 43.4 Å². The van der Waals surface area contributed by atoms with Crippen molar-refractivity contribution >= 4 is 11.7 Å². The topological polar surface area (TPSA) is 66.9 Å². The van der Waals surface area contributed by atoms with Gasteiger partial charge < -0.3 is 5.32 Å². The zero-order valence-corrected chi connectivity index (χ0v) is 11.8. The Balaban J connectivity index is 2.16. The van der Waals surface area contributed by atoms with E-state index in [-0.39, 0.29) is 35.7 Å². The summed E-state index contributed by atoms with van der Waals surface area (Å²) in [6.45, 7) is 3.84. The minimum Gasteiger partial charge on any atom is -0.311 e. The fourth-order valence-electron chi connectivity index (χ4n) is 2.75. The van der Waals surface area contributed by atoms with Crippen LogP contribution in [0.3, 0.4) is 0 Å². The first-order chi connectivity index (χ1) is 9.97. The van der Waals surface area contributed by atoms with Gasteiger partial charge in [0.05, 0.1) is 5.56 Å². The van der Waals surface area contributed by atoms with Gasteiger partial charge in [-0.3, -0.25) is 19.4 Å². The maximum Gasteiger partial charge on any atom is 0.270 e. The number of hydrogen-bond donors (Lipinski definition) is 2. The molecule has 0 radical (unpaired) electrons. The molecule has 0 unspecified atom stereocenters. The van der Waals surface area contributed by atoms with Crippen molar-refractivity contribution in [2.45, 2.75) is 32.2 Å². The van der Waals surface area contributed by atoms with Gasteiger partial charge in [0, 0.05) is 18.4 Å². The molecule has 0 bridgehead atoms. The van der Waals surface area contributed by atoms with Gasteiger partial charge in [0.25, 0.3) is 5.56 Å². The molecule has 1 amide bonds. The van der Waals surface area contributed by atoms with Gasteiger partial charge in [-0.05, 0) is 31.5 Å². The van der Waals surface area contributed by atoms with E-state index in [2.05, 4.69) is 10.4 Å². The molecule has 0 saturated carbocycles. The number of benzene rings is 1. The second-order valence-electron chi connectivity index (χ2n) is 5.52. The molecule has 0 fully saturated rings. The molecule has 1 atom stereocenters. The first-order valence-corrected chi connectivity index (χ1v) is 6.87. The van der Waals surface area contributed by atoms with Crippen LogP contribution in [-0.4, -0.2) is 15.7 Å². The van der Waals surface area contributed by atoms with E-state index in [1.165, 1.54) is 12.1 Å². The Morgan fingerprint density at radius 1 is 1.24 bits per heavy atom. The SMILES string of the molecule is CC(C)n1[nH]c(=O)c2c1NC(=O)C[C@H]2c1ccc(F)cc1. The first kappa shape index (κ1) is 13.6. The van der Waals surface area contributed by atoms with Crippen LogP contribution in [0.5, 0.6) is 0 Å². The van der Waals surface area contributed by atoms with Crippen LogP contribution in [0.2, 0.25) is 0 Å². The lowest BCUT2D eigenvalue weighted by molar-refractivity contribution is -0.116. The number of amides is 1. The zero-order chi connectivity index (χ0) is 15.1. The van der Waals surface area contributed by atoms with Crippen LogP contribution in [0.4, 0.5) is 10.2 Å². The van der Waals surface area contributed by atoms with Gasteiger partial charge in [-0.1, -0.05) is 12.1 Å². The van der Waals surface area contributed by atoms with Crippen molar-refractivity contribution in [3.8, 4) is 0 Å². The van der Waals surface area contributed by atoms with E-state index in [0.717, 1.165) is 5.56 Å². The lowest BCUT2D eigenvalue weighted by atomic mass is 9.87. The summed E-state index contributed by atoms with van der Waals surface area (Å²) in [5, 5.41) is 5.52. The van der Waals surface area contributed by atoms with E-state index in [1.807, 2.05) is 13.8 Å². The summed E-state index contributed by atoms with van der Waals surface area (Å²) in [5.74, 6) is -0.322. The average Bonchev–Trinajstić information content (AvgIpc) is 2.76. The summed E-state index contributed by atoms with van der Waals surface area (Å²) in [5.41, 5.74) is 1.09. The molecule has 0 saturated heterocycles. The molecule has 21 heavy (non-hydrogen) atoms. The van der Waals surface area contributed by atoms with E-state index in [0.29, 0.717) is 11.4 Å². The number of hydrogen-bond acceptors (Lipinski definition) is 2. The standard InChI is InChI=1S/C15H16FN3O2/c1-8(2)19-14-13(15(21)18-19)11(7-12(20)17-14)9-3-5-10(16)6-4-9/h3-6,8,11H,7H2,1-2H3,(H,17,20)(H,18,21)/t11-/m0/s1. The highest BCUT2D eigenvalue weighted by Crippen LogP contribution is 2.35. The highest BCUT2D eigenvalue weighted by atomic mass is 19.1. The lowest BCUT2D eigenvalue weighted by Gasteiger charge is -2.24. The lowest BCUT2D eigenvalue weighted by Crippen LogP contribution is -2.27. The number of anilines is 1. The normalized spacial score (nSPS) is 17.7. The number of carbonyl (C=O) groups excluding carboxylic acids is 1. The second-order valence-corrected chi connectivity index (χ2v) is 5.52. The Bertz CT molecular complexity index is 743. The molecule has 0 spiro atoms. The predicted octanol–water partition coefficient (Wildman–Crippen LogP) is 2.37. The Morgan fingerprint density at radius 3 is 2.52 bits per heavy atom. The number of halogens is 1. The Labute approximate surface area is 120 Å². The predicted molar refractivity (Wildman–Crippen MR) is 76.9 cm³/mol. The summed E-state index contributed by atoms with van der Waals surface area (Å²) >= 11 is 0. The second kappa shape index (κ2) is 4.87. The van der Waals surface area contributed by atoms with Gasteiger partial charge in [-0.2, -0.15) is 0 Å². The molecule has 6 heteroatoms. The summed E-state index contributed by atoms with van der Waals surface area (Å²) < 4.78 is 14.7. The maximum atomic E-state index is 13.1. The highest BCUT2D eigenvalue weighted by Gasteiger charge is 2.32. The molecule has 1 aliphatic heterocycles. The quantitative estimate of drug-likeness (QED) is 0.891. The number of H-pyrrole nitrogens is 1. The molecular formula is C15H16FN3O2. The first-order valence-electron chi connectivity index (χ1n) is 6.87. The molecule has 1 aromatic heterocycles. The van der Waals surface area contributed by atoms with Gasteiger partial charge in [-0.25, -0.2) is 4.39 Å².